The summed E-state index contributed by atoms with van der Waals surface area (Å²) < 4.78 is 4.83. The Labute approximate surface area is 113 Å². The number of hydrogen-bond acceptors (Lipinski definition) is 4. The Morgan fingerprint density at radius 3 is 2.89 bits per heavy atom. The standard InChI is InChI=1S/C15H18N2O2/c1-11-5-3-4-8-17(11)14-9-12(10-16)6-7-13(14)15(18)19-2/h6-7,9,11H,3-5,8H2,1-2H3. The zero-order valence-corrected chi connectivity index (χ0v) is 11.3. The normalized spacial score (nSPS) is 18.8. The van der Waals surface area contributed by atoms with Gasteiger partial charge in [0.25, 0.3) is 0 Å². The molecule has 4 nitrogen and oxygen atoms in total. The van der Waals surface area contributed by atoms with E-state index < -0.39 is 0 Å². The number of ether oxygens (including phenoxy) is 1. The summed E-state index contributed by atoms with van der Waals surface area (Å²) in [7, 11) is 1.38. The van der Waals surface area contributed by atoms with Crippen molar-refractivity contribution in [2.45, 2.75) is 32.2 Å². The van der Waals surface area contributed by atoms with Gasteiger partial charge < -0.3 is 9.64 Å². The predicted octanol–water partition coefficient (Wildman–Crippen LogP) is 2.72. The fraction of sp³-hybridized carbons (Fsp3) is 0.467. The molecule has 2 rings (SSSR count). The number of rotatable bonds is 2. The maximum atomic E-state index is 11.9. The zero-order valence-electron chi connectivity index (χ0n) is 11.3. The lowest BCUT2D eigenvalue weighted by Gasteiger charge is -2.36. The van der Waals surface area contributed by atoms with Gasteiger partial charge in [0.05, 0.1) is 30.0 Å². The summed E-state index contributed by atoms with van der Waals surface area (Å²) >= 11 is 0. The van der Waals surface area contributed by atoms with E-state index >= 15 is 0 Å². The fourth-order valence-electron chi connectivity index (χ4n) is 2.58. The van der Waals surface area contributed by atoms with E-state index in [9.17, 15) is 4.79 Å². The molecule has 0 bridgehead atoms. The first-order chi connectivity index (χ1) is 9.17. The second kappa shape index (κ2) is 5.75. The molecule has 1 aromatic rings. The minimum absolute atomic E-state index is 0.350. The molecule has 4 heteroatoms. The van der Waals surface area contributed by atoms with Crippen LogP contribution in [-0.4, -0.2) is 25.7 Å². The SMILES string of the molecule is COC(=O)c1ccc(C#N)cc1N1CCCCC1C. The van der Waals surface area contributed by atoms with E-state index in [1.807, 2.05) is 0 Å². The minimum atomic E-state index is -0.350. The monoisotopic (exact) mass is 258 g/mol. The molecule has 1 aliphatic heterocycles. The van der Waals surface area contributed by atoms with Gasteiger partial charge in [-0.25, -0.2) is 4.79 Å². The van der Waals surface area contributed by atoms with Crippen LogP contribution in [0.4, 0.5) is 5.69 Å². The molecule has 1 atom stereocenters. The highest BCUT2D eigenvalue weighted by Gasteiger charge is 2.23. The Hall–Kier alpha value is -2.02. The summed E-state index contributed by atoms with van der Waals surface area (Å²) in [6.07, 6.45) is 3.43. The van der Waals surface area contributed by atoms with Crippen LogP contribution in [0.15, 0.2) is 18.2 Å². The van der Waals surface area contributed by atoms with Crippen molar-refractivity contribution < 1.29 is 9.53 Å². The summed E-state index contributed by atoms with van der Waals surface area (Å²) in [6, 6.07) is 7.63. The molecule has 19 heavy (non-hydrogen) atoms. The number of nitriles is 1. The number of nitrogens with zero attached hydrogens (tertiary/aromatic N) is 2. The van der Waals surface area contributed by atoms with Gasteiger partial charge in [0, 0.05) is 12.6 Å². The number of anilines is 1. The molecule has 1 aliphatic rings. The van der Waals surface area contributed by atoms with Crippen molar-refractivity contribution in [3.8, 4) is 6.07 Å². The smallest absolute Gasteiger partial charge is 0.339 e. The molecule has 1 unspecified atom stereocenters. The number of carbonyl (C=O) groups excluding carboxylic acids is 1. The largest absolute Gasteiger partial charge is 0.465 e. The van der Waals surface area contributed by atoms with E-state index in [2.05, 4.69) is 17.9 Å². The van der Waals surface area contributed by atoms with Gasteiger partial charge in [0.15, 0.2) is 0 Å². The van der Waals surface area contributed by atoms with Gasteiger partial charge in [-0.2, -0.15) is 5.26 Å². The molecule has 0 amide bonds. The lowest BCUT2D eigenvalue weighted by atomic mass is 10.00. The van der Waals surface area contributed by atoms with Gasteiger partial charge >= 0.3 is 5.97 Å². The minimum Gasteiger partial charge on any atom is -0.465 e. The topological polar surface area (TPSA) is 53.3 Å². The molecule has 0 N–H and O–H groups in total. The summed E-state index contributed by atoms with van der Waals surface area (Å²) in [5, 5.41) is 9.03. The van der Waals surface area contributed by atoms with Crippen LogP contribution in [-0.2, 0) is 4.74 Å². The second-order valence-electron chi connectivity index (χ2n) is 4.87. The highest BCUT2D eigenvalue weighted by molar-refractivity contribution is 5.96. The molecule has 0 aliphatic carbocycles. The molecule has 0 radical (unpaired) electrons. The Bertz CT molecular complexity index is 519. The number of methoxy groups -OCH3 is 1. The van der Waals surface area contributed by atoms with E-state index in [4.69, 9.17) is 10.00 Å². The number of benzene rings is 1. The van der Waals surface area contributed by atoms with Crippen molar-refractivity contribution in [3.05, 3.63) is 29.3 Å². The maximum absolute atomic E-state index is 11.9. The fourth-order valence-corrected chi connectivity index (χ4v) is 2.58. The molecular weight excluding hydrogens is 240 g/mol. The van der Waals surface area contributed by atoms with Crippen molar-refractivity contribution in [3.63, 3.8) is 0 Å². The molecule has 1 heterocycles. The van der Waals surface area contributed by atoms with Crippen LogP contribution < -0.4 is 4.90 Å². The second-order valence-corrected chi connectivity index (χ2v) is 4.87. The summed E-state index contributed by atoms with van der Waals surface area (Å²) in [5.74, 6) is -0.350. The molecule has 100 valence electrons. The Balaban J connectivity index is 2.45. The van der Waals surface area contributed by atoms with Crippen molar-refractivity contribution >= 4 is 11.7 Å². The van der Waals surface area contributed by atoms with E-state index in [0.29, 0.717) is 17.2 Å². The third-order valence-corrected chi connectivity index (χ3v) is 3.64. The first kappa shape index (κ1) is 13.4. The van der Waals surface area contributed by atoms with Crippen molar-refractivity contribution in [2.24, 2.45) is 0 Å². The summed E-state index contributed by atoms with van der Waals surface area (Å²) in [4.78, 5) is 14.1. The lowest BCUT2D eigenvalue weighted by molar-refractivity contribution is 0.0601. The molecular formula is C15H18N2O2. The van der Waals surface area contributed by atoms with E-state index in [1.54, 1.807) is 18.2 Å². The number of carbonyl (C=O) groups is 1. The first-order valence-corrected chi connectivity index (χ1v) is 6.56. The van der Waals surface area contributed by atoms with Gasteiger partial charge in [-0.1, -0.05) is 0 Å². The van der Waals surface area contributed by atoms with Gasteiger partial charge in [-0.3, -0.25) is 0 Å². The molecule has 1 saturated heterocycles. The molecule has 0 aromatic heterocycles. The van der Waals surface area contributed by atoms with Crippen LogP contribution >= 0.6 is 0 Å². The zero-order chi connectivity index (χ0) is 13.8. The number of esters is 1. The van der Waals surface area contributed by atoms with Crippen molar-refractivity contribution in [2.75, 3.05) is 18.6 Å². The average molecular weight is 258 g/mol. The Kier molecular flexibility index (Phi) is 4.06. The third-order valence-electron chi connectivity index (χ3n) is 3.64. The molecule has 1 fully saturated rings. The van der Waals surface area contributed by atoms with Gasteiger partial charge in [0.2, 0.25) is 0 Å². The Morgan fingerprint density at radius 2 is 2.26 bits per heavy atom. The van der Waals surface area contributed by atoms with Crippen LogP contribution in [0.25, 0.3) is 0 Å². The third kappa shape index (κ3) is 2.70. The summed E-state index contributed by atoms with van der Waals surface area (Å²) in [6.45, 7) is 3.07. The van der Waals surface area contributed by atoms with Gasteiger partial charge in [-0.05, 0) is 44.4 Å². The van der Waals surface area contributed by atoms with Crippen LogP contribution in [0.2, 0.25) is 0 Å². The van der Waals surface area contributed by atoms with Crippen LogP contribution in [0.1, 0.15) is 42.1 Å². The van der Waals surface area contributed by atoms with Crippen LogP contribution in [0.3, 0.4) is 0 Å². The predicted molar refractivity (Wildman–Crippen MR) is 73.2 cm³/mol. The summed E-state index contributed by atoms with van der Waals surface area (Å²) in [5.41, 5.74) is 1.92. The average Bonchev–Trinajstić information content (AvgIpc) is 2.46. The van der Waals surface area contributed by atoms with E-state index in [1.165, 1.54) is 13.5 Å². The maximum Gasteiger partial charge on any atom is 0.339 e. The van der Waals surface area contributed by atoms with Gasteiger partial charge in [-0.15, -0.1) is 0 Å². The Morgan fingerprint density at radius 1 is 1.47 bits per heavy atom. The molecule has 0 saturated carbocycles. The number of piperidine rings is 1. The van der Waals surface area contributed by atoms with Crippen LogP contribution in [0.5, 0.6) is 0 Å². The number of hydrogen-bond donors (Lipinski definition) is 0. The lowest BCUT2D eigenvalue weighted by Crippen LogP contribution is -2.38. The van der Waals surface area contributed by atoms with Crippen molar-refractivity contribution in [1.82, 2.24) is 0 Å². The quantitative estimate of drug-likeness (QED) is 0.765. The van der Waals surface area contributed by atoms with E-state index in [-0.39, 0.29) is 5.97 Å². The highest BCUT2D eigenvalue weighted by atomic mass is 16.5. The van der Waals surface area contributed by atoms with Crippen LogP contribution in [0, 0.1) is 11.3 Å². The van der Waals surface area contributed by atoms with E-state index in [0.717, 1.165) is 25.1 Å². The first-order valence-electron chi connectivity index (χ1n) is 6.56. The highest BCUT2D eigenvalue weighted by Crippen LogP contribution is 2.29. The van der Waals surface area contributed by atoms with Gasteiger partial charge in [0.1, 0.15) is 0 Å². The van der Waals surface area contributed by atoms with Crippen molar-refractivity contribution in [1.29, 1.82) is 5.26 Å². The molecule has 0 spiro atoms. The molecule has 1 aromatic carbocycles.